The molecule has 3 heterocycles. The van der Waals surface area contributed by atoms with Crippen LogP contribution < -0.4 is 5.32 Å². The van der Waals surface area contributed by atoms with Gasteiger partial charge in [0.2, 0.25) is 0 Å². The molecule has 0 radical (unpaired) electrons. The van der Waals surface area contributed by atoms with Crippen LogP contribution in [-0.2, 0) is 19.4 Å². The maximum absolute atomic E-state index is 12.1. The van der Waals surface area contributed by atoms with E-state index in [-0.39, 0.29) is 5.91 Å². The second-order valence-corrected chi connectivity index (χ2v) is 6.59. The zero-order valence-electron chi connectivity index (χ0n) is 15.5. The number of fused-ring (bicyclic) bond motifs is 1. The third-order valence-corrected chi connectivity index (χ3v) is 4.72. The Morgan fingerprint density at radius 2 is 2.19 bits per heavy atom. The second-order valence-electron chi connectivity index (χ2n) is 6.59. The fourth-order valence-corrected chi connectivity index (χ4v) is 3.10. The summed E-state index contributed by atoms with van der Waals surface area (Å²) in [5, 5.41) is 11.6. The number of nitrogens with zero attached hydrogens (tertiary/aromatic N) is 5. The number of hydrogen-bond acceptors (Lipinski definition) is 5. The van der Waals surface area contributed by atoms with Gasteiger partial charge in [-0.1, -0.05) is 11.6 Å². The fourth-order valence-electron chi connectivity index (χ4n) is 3.10. The van der Waals surface area contributed by atoms with Gasteiger partial charge >= 0.3 is 0 Å². The number of carbonyl (C=O) groups is 1. The Bertz CT molecular complexity index is 768. The van der Waals surface area contributed by atoms with Crippen molar-refractivity contribution >= 4 is 5.91 Å². The van der Waals surface area contributed by atoms with Crippen LogP contribution in [0.3, 0.4) is 0 Å². The van der Waals surface area contributed by atoms with Crippen LogP contribution in [-0.4, -0.2) is 56.7 Å². The Balaban J connectivity index is 1.54. The van der Waals surface area contributed by atoms with E-state index in [0.717, 1.165) is 44.2 Å². The van der Waals surface area contributed by atoms with Gasteiger partial charge in [-0.2, -0.15) is 0 Å². The number of nitrogens with one attached hydrogen (secondary N) is 1. The molecule has 26 heavy (non-hydrogen) atoms. The number of aromatic nitrogens is 4. The van der Waals surface area contributed by atoms with E-state index in [4.69, 9.17) is 0 Å². The lowest BCUT2D eigenvalue weighted by Gasteiger charge is -2.19. The third-order valence-electron chi connectivity index (χ3n) is 4.72. The predicted octanol–water partition coefficient (Wildman–Crippen LogP) is 1.47. The molecule has 0 unspecified atom stereocenters. The summed E-state index contributed by atoms with van der Waals surface area (Å²) < 4.78 is 2.21. The van der Waals surface area contributed by atoms with Gasteiger partial charge in [0, 0.05) is 58.0 Å². The summed E-state index contributed by atoms with van der Waals surface area (Å²) in [6.07, 6.45) is 6.98. The largest absolute Gasteiger partial charge is 0.352 e. The first-order valence-electron chi connectivity index (χ1n) is 9.10. The molecule has 7 heteroatoms. The molecule has 7 nitrogen and oxygen atoms in total. The highest BCUT2D eigenvalue weighted by Crippen LogP contribution is 2.11. The van der Waals surface area contributed by atoms with Crippen molar-refractivity contribution < 1.29 is 4.79 Å². The first kappa shape index (κ1) is 18.3. The third kappa shape index (κ3) is 4.54. The van der Waals surface area contributed by atoms with Gasteiger partial charge in [-0.15, -0.1) is 10.2 Å². The summed E-state index contributed by atoms with van der Waals surface area (Å²) in [7, 11) is 0. The van der Waals surface area contributed by atoms with E-state index in [1.54, 1.807) is 24.5 Å². The summed E-state index contributed by atoms with van der Waals surface area (Å²) in [4.78, 5) is 18.5. The van der Waals surface area contributed by atoms with Gasteiger partial charge in [0.05, 0.1) is 5.56 Å². The lowest BCUT2D eigenvalue weighted by molar-refractivity contribution is 0.0953. The molecular weight excluding hydrogens is 328 g/mol. The highest BCUT2D eigenvalue weighted by atomic mass is 16.1. The molecule has 2 aromatic rings. The summed E-state index contributed by atoms with van der Waals surface area (Å²) in [5.41, 5.74) is 1.96. The highest BCUT2D eigenvalue weighted by Gasteiger charge is 2.18. The van der Waals surface area contributed by atoms with E-state index in [0.29, 0.717) is 18.5 Å². The predicted molar refractivity (Wildman–Crippen MR) is 99.9 cm³/mol. The molecule has 2 aromatic heterocycles. The molecule has 0 aliphatic carbocycles. The van der Waals surface area contributed by atoms with Crippen LogP contribution >= 0.6 is 0 Å². The minimum absolute atomic E-state index is 0.110. The molecule has 0 atom stereocenters. The Morgan fingerprint density at radius 3 is 2.96 bits per heavy atom. The second kappa shape index (κ2) is 8.71. The van der Waals surface area contributed by atoms with Crippen LogP contribution in [0.25, 0.3) is 0 Å². The zero-order valence-corrected chi connectivity index (χ0v) is 15.5. The van der Waals surface area contributed by atoms with Crippen LogP contribution in [0.1, 0.15) is 35.9 Å². The normalized spacial score (nSPS) is 15.4. The van der Waals surface area contributed by atoms with Crippen molar-refractivity contribution in [3.63, 3.8) is 0 Å². The number of rotatable bonds is 6. The van der Waals surface area contributed by atoms with Gasteiger partial charge in [0.25, 0.3) is 5.91 Å². The SMILES string of the molecule is C/C=C(\C)CN1CCc2nnc(CCNC(=O)c3cccnc3)n2CC1. The first-order valence-corrected chi connectivity index (χ1v) is 9.10. The Kier molecular flexibility index (Phi) is 6.12. The Labute approximate surface area is 154 Å². The average Bonchev–Trinajstić information content (AvgIpc) is 2.94. The Hall–Kier alpha value is -2.54. The molecule has 0 spiro atoms. The van der Waals surface area contributed by atoms with E-state index in [1.165, 1.54) is 5.57 Å². The van der Waals surface area contributed by atoms with Crippen LogP contribution in [0.15, 0.2) is 36.2 Å². The number of pyridine rings is 1. The lowest BCUT2D eigenvalue weighted by Crippen LogP contribution is -2.29. The van der Waals surface area contributed by atoms with Crippen molar-refractivity contribution in [3.8, 4) is 0 Å². The van der Waals surface area contributed by atoms with Gasteiger partial charge in [-0.25, -0.2) is 0 Å². The minimum Gasteiger partial charge on any atom is -0.352 e. The van der Waals surface area contributed by atoms with E-state index in [9.17, 15) is 4.79 Å². The minimum atomic E-state index is -0.110. The molecule has 0 saturated heterocycles. The van der Waals surface area contributed by atoms with Gasteiger partial charge in [0.1, 0.15) is 11.6 Å². The van der Waals surface area contributed by atoms with E-state index < -0.39 is 0 Å². The van der Waals surface area contributed by atoms with Crippen molar-refractivity contribution in [1.82, 2.24) is 30.0 Å². The van der Waals surface area contributed by atoms with Gasteiger partial charge in [-0.05, 0) is 26.0 Å². The maximum atomic E-state index is 12.1. The van der Waals surface area contributed by atoms with Gasteiger partial charge < -0.3 is 9.88 Å². The van der Waals surface area contributed by atoms with Crippen molar-refractivity contribution in [2.75, 3.05) is 26.2 Å². The zero-order chi connectivity index (χ0) is 18.4. The van der Waals surface area contributed by atoms with Crippen LogP contribution in [0.5, 0.6) is 0 Å². The van der Waals surface area contributed by atoms with Crippen LogP contribution in [0.4, 0.5) is 0 Å². The topological polar surface area (TPSA) is 75.9 Å². The molecule has 1 aliphatic heterocycles. The summed E-state index contributed by atoms with van der Waals surface area (Å²) in [6, 6.07) is 3.52. The van der Waals surface area contributed by atoms with E-state index in [1.807, 2.05) is 0 Å². The molecule has 0 fully saturated rings. The number of amides is 1. The van der Waals surface area contributed by atoms with Crippen molar-refractivity contribution in [3.05, 3.63) is 53.4 Å². The average molecular weight is 354 g/mol. The lowest BCUT2D eigenvalue weighted by atomic mass is 10.2. The van der Waals surface area contributed by atoms with E-state index >= 15 is 0 Å². The van der Waals surface area contributed by atoms with Crippen LogP contribution in [0, 0.1) is 0 Å². The quantitative estimate of drug-likeness (QED) is 0.795. The number of allylic oxidation sites excluding steroid dienone is 1. The smallest absolute Gasteiger partial charge is 0.252 e. The molecule has 0 aromatic carbocycles. The van der Waals surface area contributed by atoms with E-state index in [2.05, 4.69) is 49.9 Å². The number of hydrogen-bond donors (Lipinski definition) is 1. The van der Waals surface area contributed by atoms with Crippen molar-refractivity contribution in [2.24, 2.45) is 0 Å². The Morgan fingerprint density at radius 1 is 1.31 bits per heavy atom. The number of carbonyl (C=O) groups excluding carboxylic acids is 1. The molecular formula is C19H26N6O. The highest BCUT2D eigenvalue weighted by molar-refractivity contribution is 5.93. The molecule has 1 amide bonds. The molecule has 3 rings (SSSR count). The summed E-state index contributed by atoms with van der Waals surface area (Å²) in [5.74, 6) is 1.87. The molecule has 0 bridgehead atoms. The van der Waals surface area contributed by atoms with Gasteiger partial charge in [-0.3, -0.25) is 14.7 Å². The molecule has 1 N–H and O–H groups in total. The molecule has 0 saturated carbocycles. The fraction of sp³-hybridized carbons (Fsp3) is 0.474. The van der Waals surface area contributed by atoms with Crippen molar-refractivity contribution in [2.45, 2.75) is 33.2 Å². The maximum Gasteiger partial charge on any atom is 0.252 e. The van der Waals surface area contributed by atoms with Crippen molar-refractivity contribution in [1.29, 1.82) is 0 Å². The van der Waals surface area contributed by atoms with Crippen LogP contribution in [0.2, 0.25) is 0 Å². The standard InChI is InChI=1S/C19H26N6O/c1-3-15(2)14-24-10-7-18-23-22-17(25(18)12-11-24)6-9-21-19(26)16-5-4-8-20-13-16/h3-5,8,13H,6-7,9-12,14H2,1-2H3,(H,21,26)/b15-3+. The first-order chi connectivity index (χ1) is 12.7. The summed E-state index contributed by atoms with van der Waals surface area (Å²) >= 11 is 0. The summed E-state index contributed by atoms with van der Waals surface area (Å²) in [6.45, 7) is 8.68. The monoisotopic (exact) mass is 354 g/mol. The molecule has 138 valence electrons. The molecule has 1 aliphatic rings. The van der Waals surface area contributed by atoms with Gasteiger partial charge in [0.15, 0.2) is 0 Å².